The van der Waals surface area contributed by atoms with Crippen LogP contribution in [-0.2, 0) is 0 Å². The van der Waals surface area contributed by atoms with Crippen molar-refractivity contribution in [2.24, 2.45) is 5.41 Å². The summed E-state index contributed by atoms with van der Waals surface area (Å²) in [4.78, 5) is 0. The fraction of sp³-hybridized carbons (Fsp3) is 0.818. The van der Waals surface area contributed by atoms with Crippen LogP contribution in [0.15, 0.2) is 12.2 Å². The second-order valence-corrected chi connectivity index (χ2v) is 5.53. The first-order valence-corrected chi connectivity index (χ1v) is 4.60. The van der Waals surface area contributed by atoms with Gasteiger partial charge in [-0.05, 0) is 26.2 Å². The Bertz CT molecular complexity index is 220. The van der Waals surface area contributed by atoms with Gasteiger partial charge in [-0.15, -0.1) is 0 Å². The van der Waals surface area contributed by atoms with E-state index in [1.165, 1.54) is 5.57 Å². The Balaban J connectivity index is 3.03. The molecular weight excluding hydrogens is 146 g/mol. The molecule has 0 saturated carbocycles. The first-order valence-electron chi connectivity index (χ1n) is 4.60. The van der Waals surface area contributed by atoms with Gasteiger partial charge in [-0.3, -0.25) is 5.32 Å². The van der Waals surface area contributed by atoms with Crippen LogP contribution in [0.25, 0.3) is 0 Å². The lowest BCUT2D eigenvalue weighted by Crippen LogP contribution is -2.37. The van der Waals surface area contributed by atoms with Gasteiger partial charge in [0.15, 0.2) is 0 Å². The molecule has 70 valence electrons. The van der Waals surface area contributed by atoms with Gasteiger partial charge in [-0.2, -0.15) is 0 Å². The summed E-state index contributed by atoms with van der Waals surface area (Å²) >= 11 is 0. The zero-order chi connectivity index (χ0) is 9.78. The smallest absolute Gasteiger partial charge is 0.0621 e. The molecule has 0 radical (unpaired) electrons. The molecule has 1 fully saturated rings. The van der Waals surface area contributed by atoms with Crippen molar-refractivity contribution in [1.82, 2.24) is 5.32 Å². The Hall–Kier alpha value is -0.300. The summed E-state index contributed by atoms with van der Waals surface area (Å²) < 4.78 is 0. The fourth-order valence-corrected chi connectivity index (χ4v) is 2.84. The normalized spacial score (nSPS) is 33.2. The zero-order valence-electron chi connectivity index (χ0n) is 9.21. The van der Waals surface area contributed by atoms with E-state index in [0.717, 1.165) is 0 Å². The third-order valence-corrected chi connectivity index (χ3v) is 3.14. The van der Waals surface area contributed by atoms with E-state index in [-0.39, 0.29) is 16.5 Å². The average molecular weight is 167 g/mol. The number of nitrogens with one attached hydrogen (secondary N) is 1. The molecule has 1 heterocycles. The van der Waals surface area contributed by atoms with Crippen molar-refractivity contribution in [1.29, 1.82) is 0 Å². The van der Waals surface area contributed by atoms with E-state index in [4.69, 9.17) is 0 Å². The maximum atomic E-state index is 4.09. The molecule has 1 rings (SSSR count). The molecule has 1 N–H and O–H groups in total. The SMILES string of the molecule is C=C(C)C1(C(C)(C)C)NC1(C)C. The topological polar surface area (TPSA) is 21.9 Å². The van der Waals surface area contributed by atoms with Gasteiger partial charge in [0, 0.05) is 5.54 Å². The van der Waals surface area contributed by atoms with Crippen molar-refractivity contribution in [3.8, 4) is 0 Å². The Labute approximate surface area is 76.2 Å². The maximum Gasteiger partial charge on any atom is 0.0621 e. The third-order valence-electron chi connectivity index (χ3n) is 3.14. The van der Waals surface area contributed by atoms with Crippen molar-refractivity contribution in [2.45, 2.75) is 52.6 Å². The molecule has 0 aromatic carbocycles. The largest absolute Gasteiger partial charge is 0.298 e. The molecule has 1 heteroatoms. The van der Waals surface area contributed by atoms with Crippen LogP contribution in [0.1, 0.15) is 41.5 Å². The van der Waals surface area contributed by atoms with Gasteiger partial charge in [0.1, 0.15) is 0 Å². The average Bonchev–Trinajstić information content (AvgIpc) is 2.33. The predicted octanol–water partition coefficient (Wildman–Crippen LogP) is 2.73. The standard InChI is InChI=1S/C11H21N/c1-8(2)11(9(3,4)5)10(6,7)12-11/h12H,1H2,2-7H3. The molecule has 1 aliphatic heterocycles. The monoisotopic (exact) mass is 167 g/mol. The minimum Gasteiger partial charge on any atom is -0.298 e. The maximum absolute atomic E-state index is 4.09. The fourth-order valence-electron chi connectivity index (χ4n) is 2.84. The first-order chi connectivity index (χ1) is 5.15. The highest BCUT2D eigenvalue weighted by molar-refractivity contribution is 5.40. The van der Waals surface area contributed by atoms with Crippen molar-refractivity contribution < 1.29 is 0 Å². The summed E-state index contributed by atoms with van der Waals surface area (Å²) in [6, 6.07) is 0. The van der Waals surface area contributed by atoms with E-state index in [1.807, 2.05) is 0 Å². The van der Waals surface area contributed by atoms with Crippen LogP contribution in [0.4, 0.5) is 0 Å². The molecule has 0 spiro atoms. The lowest BCUT2D eigenvalue weighted by molar-refractivity contribution is 0.301. The third kappa shape index (κ3) is 0.957. The van der Waals surface area contributed by atoms with Crippen molar-refractivity contribution >= 4 is 0 Å². The molecule has 0 aromatic heterocycles. The van der Waals surface area contributed by atoms with Crippen molar-refractivity contribution in [3.05, 3.63) is 12.2 Å². The summed E-state index contributed by atoms with van der Waals surface area (Å²) in [6.45, 7) is 17.5. The number of hydrogen-bond donors (Lipinski definition) is 1. The molecule has 1 atom stereocenters. The quantitative estimate of drug-likeness (QED) is 0.471. The molecule has 1 saturated heterocycles. The van der Waals surface area contributed by atoms with Gasteiger partial charge < -0.3 is 0 Å². The molecule has 12 heavy (non-hydrogen) atoms. The molecule has 0 aromatic rings. The highest BCUT2D eigenvalue weighted by atomic mass is 15.3. The number of hydrogen-bond acceptors (Lipinski definition) is 1. The van der Waals surface area contributed by atoms with Gasteiger partial charge in [-0.25, -0.2) is 0 Å². The summed E-state index contributed by atoms with van der Waals surface area (Å²) in [6.07, 6.45) is 0. The molecule has 1 nitrogen and oxygen atoms in total. The lowest BCUT2D eigenvalue weighted by atomic mass is 9.70. The van der Waals surface area contributed by atoms with E-state index in [9.17, 15) is 0 Å². The summed E-state index contributed by atoms with van der Waals surface area (Å²) in [5, 5.41) is 3.56. The minimum absolute atomic E-state index is 0.139. The summed E-state index contributed by atoms with van der Waals surface area (Å²) in [5.41, 5.74) is 1.86. The molecule has 1 unspecified atom stereocenters. The van der Waals surface area contributed by atoms with Gasteiger partial charge in [-0.1, -0.05) is 32.9 Å². The Morgan fingerprint density at radius 1 is 1.25 bits per heavy atom. The zero-order valence-corrected chi connectivity index (χ0v) is 9.21. The van der Waals surface area contributed by atoms with Gasteiger partial charge in [0.05, 0.1) is 5.54 Å². The van der Waals surface area contributed by atoms with E-state index < -0.39 is 0 Å². The van der Waals surface area contributed by atoms with Gasteiger partial charge in [0.2, 0.25) is 0 Å². The predicted molar refractivity (Wildman–Crippen MR) is 54.2 cm³/mol. The first kappa shape index (κ1) is 9.79. The van der Waals surface area contributed by atoms with Crippen LogP contribution < -0.4 is 5.32 Å². The molecule has 0 aliphatic carbocycles. The molecule has 0 bridgehead atoms. The van der Waals surface area contributed by atoms with Crippen LogP contribution in [0, 0.1) is 5.41 Å². The van der Waals surface area contributed by atoms with E-state index in [1.54, 1.807) is 0 Å². The second kappa shape index (κ2) is 2.14. The second-order valence-electron chi connectivity index (χ2n) is 5.53. The van der Waals surface area contributed by atoms with Crippen LogP contribution in [-0.4, -0.2) is 11.1 Å². The van der Waals surface area contributed by atoms with Crippen molar-refractivity contribution in [3.63, 3.8) is 0 Å². The molecular formula is C11H21N. The van der Waals surface area contributed by atoms with E-state index >= 15 is 0 Å². The van der Waals surface area contributed by atoms with E-state index in [0.29, 0.717) is 0 Å². The number of rotatable bonds is 1. The minimum atomic E-state index is 0.139. The van der Waals surface area contributed by atoms with Gasteiger partial charge >= 0.3 is 0 Å². The Kier molecular flexibility index (Phi) is 1.74. The van der Waals surface area contributed by atoms with Crippen LogP contribution >= 0.6 is 0 Å². The van der Waals surface area contributed by atoms with Crippen molar-refractivity contribution in [2.75, 3.05) is 0 Å². The van der Waals surface area contributed by atoms with Gasteiger partial charge in [0.25, 0.3) is 0 Å². The Morgan fingerprint density at radius 2 is 1.58 bits per heavy atom. The molecule has 1 aliphatic rings. The molecule has 0 amide bonds. The van der Waals surface area contributed by atoms with Crippen LogP contribution in [0.2, 0.25) is 0 Å². The Morgan fingerprint density at radius 3 is 1.58 bits per heavy atom. The van der Waals surface area contributed by atoms with Crippen LogP contribution in [0.5, 0.6) is 0 Å². The lowest BCUT2D eigenvalue weighted by Gasteiger charge is -2.32. The van der Waals surface area contributed by atoms with Crippen LogP contribution in [0.3, 0.4) is 0 Å². The van der Waals surface area contributed by atoms with E-state index in [2.05, 4.69) is 53.4 Å². The highest BCUT2D eigenvalue weighted by Crippen LogP contribution is 2.54. The summed E-state index contributed by atoms with van der Waals surface area (Å²) in [5.74, 6) is 0. The summed E-state index contributed by atoms with van der Waals surface area (Å²) in [7, 11) is 0. The highest BCUT2D eigenvalue weighted by Gasteiger charge is 2.66.